The molecule has 36 heavy (non-hydrogen) atoms. The van der Waals surface area contributed by atoms with Crippen LogP contribution in [-0.2, 0) is 23.5 Å². The van der Waals surface area contributed by atoms with E-state index in [9.17, 15) is 4.79 Å². The van der Waals surface area contributed by atoms with Gasteiger partial charge >= 0.3 is 0 Å². The minimum Gasteiger partial charge on any atom is -0.360 e. The fraction of sp³-hybridized carbons (Fsp3) is 0.448. The van der Waals surface area contributed by atoms with Crippen molar-refractivity contribution in [3.63, 3.8) is 0 Å². The number of nitrogens with one attached hydrogen (secondary N) is 1. The Morgan fingerprint density at radius 3 is 2.53 bits per heavy atom. The molecule has 3 heterocycles. The summed E-state index contributed by atoms with van der Waals surface area (Å²) in [6, 6.07) is 23.0. The van der Waals surface area contributed by atoms with Gasteiger partial charge in [-0.15, -0.1) is 11.8 Å². The number of aromatic nitrogens is 1. The predicted molar refractivity (Wildman–Crippen MR) is 144 cm³/mol. The SMILES string of the molecule is O=C(C[C@@H]1CCNC[C@@H]1Cc1cc(CSc2ccccc2)on1)N1CCN(Cc2ccccc2)CC1. The summed E-state index contributed by atoms with van der Waals surface area (Å²) in [6.07, 6.45) is 2.54. The molecule has 3 aromatic rings. The third-order valence-electron chi connectivity index (χ3n) is 7.38. The van der Waals surface area contributed by atoms with Gasteiger partial charge in [-0.2, -0.15) is 0 Å². The highest BCUT2D eigenvalue weighted by Gasteiger charge is 2.30. The van der Waals surface area contributed by atoms with Gasteiger partial charge in [0.25, 0.3) is 0 Å². The second-order valence-corrected chi connectivity index (χ2v) is 11.0. The van der Waals surface area contributed by atoms with Gasteiger partial charge in [0, 0.05) is 50.1 Å². The lowest BCUT2D eigenvalue weighted by atomic mass is 9.81. The summed E-state index contributed by atoms with van der Waals surface area (Å²) >= 11 is 1.76. The maximum atomic E-state index is 13.2. The molecule has 1 N–H and O–H groups in total. The summed E-state index contributed by atoms with van der Waals surface area (Å²) in [4.78, 5) is 19.0. The highest BCUT2D eigenvalue weighted by atomic mass is 32.2. The molecular formula is C29H36N4O2S. The van der Waals surface area contributed by atoms with Gasteiger partial charge in [-0.25, -0.2) is 0 Å². The number of carbonyl (C=O) groups is 1. The van der Waals surface area contributed by atoms with Crippen molar-refractivity contribution in [1.82, 2.24) is 20.3 Å². The van der Waals surface area contributed by atoms with Crippen molar-refractivity contribution in [2.24, 2.45) is 11.8 Å². The Bertz CT molecular complexity index is 1080. The summed E-state index contributed by atoms with van der Waals surface area (Å²) in [5.41, 5.74) is 2.34. The Balaban J connectivity index is 1.09. The Labute approximate surface area is 218 Å². The number of carbonyl (C=O) groups excluding carboxylic acids is 1. The molecule has 0 radical (unpaired) electrons. The van der Waals surface area contributed by atoms with Crippen molar-refractivity contribution in [2.45, 2.75) is 36.5 Å². The Morgan fingerprint density at radius 2 is 1.75 bits per heavy atom. The van der Waals surface area contributed by atoms with E-state index in [1.807, 2.05) is 6.07 Å². The number of nitrogens with zero attached hydrogens (tertiary/aromatic N) is 3. The first-order chi connectivity index (χ1) is 17.7. The van der Waals surface area contributed by atoms with Gasteiger partial charge in [-0.1, -0.05) is 53.7 Å². The number of rotatable bonds is 9. The summed E-state index contributed by atoms with van der Waals surface area (Å²) in [5.74, 6) is 2.79. The normalized spacial score (nSPS) is 20.9. The van der Waals surface area contributed by atoms with Crippen LogP contribution in [0.25, 0.3) is 0 Å². The monoisotopic (exact) mass is 504 g/mol. The summed E-state index contributed by atoms with van der Waals surface area (Å²) in [5, 5.41) is 7.88. The van der Waals surface area contributed by atoms with Crippen LogP contribution in [0.1, 0.15) is 29.9 Å². The van der Waals surface area contributed by atoms with Crippen LogP contribution >= 0.6 is 11.8 Å². The Kier molecular flexibility index (Phi) is 8.75. The molecular weight excluding hydrogens is 468 g/mol. The average molecular weight is 505 g/mol. The fourth-order valence-electron chi connectivity index (χ4n) is 5.30. The van der Waals surface area contributed by atoms with Crippen molar-refractivity contribution in [1.29, 1.82) is 0 Å². The zero-order chi connectivity index (χ0) is 24.6. The van der Waals surface area contributed by atoms with Crippen molar-refractivity contribution < 1.29 is 9.32 Å². The minimum absolute atomic E-state index is 0.311. The van der Waals surface area contributed by atoms with Gasteiger partial charge in [-0.05, 0) is 55.5 Å². The van der Waals surface area contributed by atoms with E-state index in [1.54, 1.807) is 11.8 Å². The topological polar surface area (TPSA) is 61.6 Å². The van der Waals surface area contributed by atoms with Crippen LogP contribution in [0.3, 0.4) is 0 Å². The lowest BCUT2D eigenvalue weighted by molar-refractivity contribution is -0.134. The van der Waals surface area contributed by atoms with Crippen LogP contribution in [0.2, 0.25) is 0 Å². The molecule has 7 heteroatoms. The maximum Gasteiger partial charge on any atom is 0.222 e. The van der Waals surface area contributed by atoms with Crippen molar-refractivity contribution in [3.8, 4) is 0 Å². The van der Waals surface area contributed by atoms with Crippen molar-refractivity contribution in [3.05, 3.63) is 83.7 Å². The van der Waals surface area contributed by atoms with Crippen molar-refractivity contribution in [2.75, 3.05) is 39.3 Å². The smallest absolute Gasteiger partial charge is 0.222 e. The van der Waals surface area contributed by atoms with E-state index < -0.39 is 0 Å². The minimum atomic E-state index is 0.311. The lowest BCUT2D eigenvalue weighted by Gasteiger charge is -2.37. The number of piperidine rings is 1. The molecule has 0 aliphatic carbocycles. The molecule has 190 valence electrons. The molecule has 1 amide bonds. The molecule has 2 aliphatic rings. The van der Waals surface area contributed by atoms with Gasteiger partial charge in [-0.3, -0.25) is 9.69 Å². The maximum absolute atomic E-state index is 13.2. The summed E-state index contributed by atoms with van der Waals surface area (Å²) in [6.45, 7) is 6.42. The number of hydrogen-bond donors (Lipinski definition) is 1. The van der Waals surface area contributed by atoms with E-state index in [0.29, 0.717) is 24.2 Å². The van der Waals surface area contributed by atoms with Crippen LogP contribution in [0.4, 0.5) is 0 Å². The zero-order valence-electron chi connectivity index (χ0n) is 20.9. The molecule has 2 aliphatic heterocycles. The number of amides is 1. The number of benzene rings is 2. The summed E-state index contributed by atoms with van der Waals surface area (Å²) < 4.78 is 5.62. The third-order valence-corrected chi connectivity index (χ3v) is 8.41. The van der Waals surface area contributed by atoms with Crippen LogP contribution < -0.4 is 5.32 Å². The molecule has 2 aromatic carbocycles. The molecule has 6 nitrogen and oxygen atoms in total. The molecule has 5 rings (SSSR count). The number of hydrogen-bond acceptors (Lipinski definition) is 6. The molecule has 2 fully saturated rings. The van der Waals surface area contributed by atoms with Crippen LogP contribution in [0.5, 0.6) is 0 Å². The lowest BCUT2D eigenvalue weighted by Crippen LogP contribution is -2.49. The van der Waals surface area contributed by atoms with Gasteiger partial charge in [0.15, 0.2) is 0 Å². The van der Waals surface area contributed by atoms with E-state index in [2.05, 4.69) is 80.9 Å². The van der Waals surface area contributed by atoms with E-state index in [-0.39, 0.29) is 0 Å². The Hall–Kier alpha value is -2.61. The van der Waals surface area contributed by atoms with E-state index in [0.717, 1.165) is 75.9 Å². The van der Waals surface area contributed by atoms with E-state index in [4.69, 9.17) is 4.52 Å². The predicted octanol–water partition coefficient (Wildman–Crippen LogP) is 4.47. The molecule has 2 saturated heterocycles. The third kappa shape index (κ3) is 6.99. The number of thioether (sulfide) groups is 1. The second-order valence-electron chi connectivity index (χ2n) is 9.95. The molecule has 1 aromatic heterocycles. The van der Waals surface area contributed by atoms with Gasteiger partial charge in [0.05, 0.1) is 11.4 Å². The standard InChI is InChI=1S/C29H36N4O2S/c34-29(33-15-13-32(14-16-33)21-23-7-3-1-4-8-23)18-24-11-12-30-20-25(24)17-26-19-27(35-31-26)22-36-28-9-5-2-6-10-28/h1-10,19,24-25,30H,11-18,20-22H2/t24-,25-/m0/s1. The van der Waals surface area contributed by atoms with Crippen LogP contribution in [0, 0.1) is 11.8 Å². The van der Waals surface area contributed by atoms with Crippen LogP contribution in [0.15, 0.2) is 76.1 Å². The highest BCUT2D eigenvalue weighted by molar-refractivity contribution is 7.98. The van der Waals surface area contributed by atoms with E-state index in [1.165, 1.54) is 10.5 Å². The zero-order valence-corrected chi connectivity index (χ0v) is 21.7. The number of piperazine rings is 1. The highest BCUT2D eigenvalue weighted by Crippen LogP contribution is 2.28. The Morgan fingerprint density at radius 1 is 1.00 bits per heavy atom. The van der Waals surface area contributed by atoms with E-state index >= 15 is 0 Å². The molecule has 0 unspecified atom stereocenters. The first kappa shape index (κ1) is 25.1. The molecule has 0 saturated carbocycles. The quantitative estimate of drug-likeness (QED) is 0.434. The molecule has 0 spiro atoms. The fourth-order valence-corrected chi connectivity index (χ4v) is 6.09. The second kappa shape index (κ2) is 12.6. The van der Waals surface area contributed by atoms with Crippen molar-refractivity contribution >= 4 is 17.7 Å². The average Bonchev–Trinajstić information content (AvgIpc) is 3.37. The summed E-state index contributed by atoms with van der Waals surface area (Å²) in [7, 11) is 0. The first-order valence-corrected chi connectivity index (χ1v) is 14.1. The van der Waals surface area contributed by atoms with Gasteiger partial charge in [0.2, 0.25) is 5.91 Å². The van der Waals surface area contributed by atoms with Gasteiger partial charge < -0.3 is 14.7 Å². The van der Waals surface area contributed by atoms with Crippen LogP contribution in [-0.4, -0.2) is 60.1 Å². The first-order valence-electron chi connectivity index (χ1n) is 13.1. The molecule has 2 atom stereocenters. The van der Waals surface area contributed by atoms with Gasteiger partial charge in [0.1, 0.15) is 5.76 Å². The molecule has 0 bridgehead atoms. The largest absolute Gasteiger partial charge is 0.360 e.